The summed E-state index contributed by atoms with van der Waals surface area (Å²) in [5.41, 5.74) is -0.277. The first-order valence-corrected chi connectivity index (χ1v) is 7.86. The fourth-order valence-electron chi connectivity index (χ4n) is 2.04. The predicted octanol–water partition coefficient (Wildman–Crippen LogP) is 4.60. The topological polar surface area (TPSA) is 77.5 Å². The van der Waals surface area contributed by atoms with Gasteiger partial charge >= 0.3 is 12.3 Å². The number of nitrogens with zero attached hydrogens (tertiary/aromatic N) is 1. The molecule has 0 unspecified atom stereocenters. The highest BCUT2D eigenvalue weighted by molar-refractivity contribution is 6.31. The number of ether oxygens (including phenoxy) is 2. The van der Waals surface area contributed by atoms with Crippen LogP contribution in [-0.4, -0.2) is 24.0 Å². The molecule has 0 spiro atoms. The molecule has 0 fully saturated rings. The summed E-state index contributed by atoms with van der Waals surface area (Å²) in [5, 5.41) is 2.09. The number of alkyl halides is 3. The first kappa shape index (κ1) is 20.5. The number of halogens is 4. The highest BCUT2D eigenvalue weighted by Gasteiger charge is 2.32. The number of aromatic nitrogens is 1. The predicted molar refractivity (Wildman–Crippen MR) is 90.0 cm³/mol. The molecule has 144 valence electrons. The number of ketones is 1. The molecule has 0 atom stereocenters. The zero-order valence-corrected chi connectivity index (χ0v) is 14.9. The van der Waals surface area contributed by atoms with Crippen LogP contribution in [0, 0.1) is 0 Å². The average Bonchev–Trinajstić information content (AvgIpc) is 2.60. The third-order valence-electron chi connectivity index (χ3n) is 3.42. The lowest BCUT2D eigenvalue weighted by Crippen LogP contribution is -2.22. The number of pyridine rings is 1. The monoisotopic (exact) mass is 402 g/mol. The molecule has 1 amide bonds. The molecule has 2 aromatic rings. The van der Waals surface area contributed by atoms with Crippen LogP contribution in [0.4, 0.5) is 18.0 Å². The van der Waals surface area contributed by atoms with Crippen molar-refractivity contribution in [3.63, 3.8) is 0 Å². The second-order valence-corrected chi connectivity index (χ2v) is 5.74. The molecule has 0 aliphatic rings. The number of hydrogen-bond donors (Lipinski definition) is 1. The first-order chi connectivity index (χ1) is 12.6. The fourth-order valence-corrected chi connectivity index (χ4v) is 2.24. The van der Waals surface area contributed by atoms with Crippen LogP contribution in [0.25, 0.3) is 0 Å². The van der Waals surface area contributed by atoms with Crippen molar-refractivity contribution in [3.8, 4) is 11.6 Å². The van der Waals surface area contributed by atoms with E-state index in [9.17, 15) is 22.8 Å². The molecule has 1 aromatic heterocycles. The summed E-state index contributed by atoms with van der Waals surface area (Å²) in [6, 6.07) is 5.07. The molecule has 2 rings (SSSR count). The van der Waals surface area contributed by atoms with E-state index in [1.54, 1.807) is 0 Å². The maximum absolute atomic E-state index is 12.7. The van der Waals surface area contributed by atoms with Gasteiger partial charge in [0.2, 0.25) is 5.88 Å². The second-order valence-electron chi connectivity index (χ2n) is 5.33. The van der Waals surface area contributed by atoms with Crippen LogP contribution in [-0.2, 0) is 17.5 Å². The van der Waals surface area contributed by atoms with Crippen LogP contribution in [0.5, 0.6) is 11.6 Å². The van der Waals surface area contributed by atoms with Crippen LogP contribution in [0.1, 0.15) is 28.4 Å². The molecule has 0 aliphatic heterocycles. The Morgan fingerprint density at radius 1 is 1.26 bits per heavy atom. The number of carbonyl (C=O) groups is 2. The smallest absolute Gasteiger partial charge is 0.417 e. The SMILES string of the molecule is COC(=O)NCc1cc(C(C)=O)ccc1Oc1ncc(C(F)(F)F)cc1Cl. The van der Waals surface area contributed by atoms with Gasteiger partial charge in [-0.25, -0.2) is 9.78 Å². The van der Waals surface area contributed by atoms with Crippen molar-refractivity contribution in [2.24, 2.45) is 0 Å². The van der Waals surface area contributed by atoms with Crippen LogP contribution < -0.4 is 10.1 Å². The number of nitrogens with one attached hydrogen (secondary N) is 1. The molecule has 1 aromatic carbocycles. The van der Waals surface area contributed by atoms with Crippen LogP contribution in [0.3, 0.4) is 0 Å². The molecule has 0 radical (unpaired) electrons. The number of benzene rings is 1. The minimum absolute atomic E-state index is 0.0542. The first-order valence-electron chi connectivity index (χ1n) is 7.48. The van der Waals surface area contributed by atoms with E-state index in [1.165, 1.54) is 32.2 Å². The number of methoxy groups -OCH3 is 1. The van der Waals surface area contributed by atoms with Gasteiger partial charge in [-0.1, -0.05) is 11.6 Å². The lowest BCUT2D eigenvalue weighted by atomic mass is 10.1. The summed E-state index contributed by atoms with van der Waals surface area (Å²) >= 11 is 5.84. The molecular formula is C17H14ClF3N2O4. The standard InChI is InChI=1S/C17H14ClF3N2O4/c1-9(24)10-3-4-14(11(5-10)7-23-16(25)26-2)27-15-13(18)6-12(8-22-15)17(19,20)21/h3-6,8H,7H2,1-2H3,(H,23,25). The Labute approximate surface area is 157 Å². The zero-order chi connectivity index (χ0) is 20.2. The summed E-state index contributed by atoms with van der Waals surface area (Å²) in [5.74, 6) is -0.309. The van der Waals surface area contributed by atoms with E-state index in [0.717, 1.165) is 0 Å². The van der Waals surface area contributed by atoms with E-state index >= 15 is 0 Å². The van der Waals surface area contributed by atoms with Gasteiger partial charge in [-0.15, -0.1) is 0 Å². The van der Waals surface area contributed by atoms with Gasteiger partial charge < -0.3 is 14.8 Å². The molecule has 10 heteroatoms. The summed E-state index contributed by atoms with van der Waals surface area (Å²) in [6.07, 6.45) is -4.70. The van der Waals surface area contributed by atoms with Crippen LogP contribution in [0.15, 0.2) is 30.5 Å². The van der Waals surface area contributed by atoms with Crippen LogP contribution >= 0.6 is 11.6 Å². The lowest BCUT2D eigenvalue weighted by molar-refractivity contribution is -0.137. The minimum Gasteiger partial charge on any atom is -0.453 e. The maximum atomic E-state index is 12.7. The van der Waals surface area contributed by atoms with Crippen molar-refractivity contribution < 1.29 is 32.2 Å². The zero-order valence-electron chi connectivity index (χ0n) is 14.2. The molecule has 0 bridgehead atoms. The molecule has 0 aliphatic carbocycles. The van der Waals surface area contributed by atoms with Crippen LogP contribution in [0.2, 0.25) is 5.02 Å². The highest BCUT2D eigenvalue weighted by atomic mass is 35.5. The van der Waals surface area contributed by atoms with Gasteiger partial charge in [-0.05, 0) is 31.2 Å². The number of amides is 1. The second kappa shape index (κ2) is 8.26. The molecule has 27 heavy (non-hydrogen) atoms. The minimum atomic E-state index is -4.59. The third-order valence-corrected chi connectivity index (χ3v) is 3.69. The normalized spacial score (nSPS) is 11.0. The molecule has 1 heterocycles. The average molecular weight is 403 g/mol. The number of alkyl carbamates (subject to hydrolysis) is 1. The fraction of sp³-hybridized carbons (Fsp3) is 0.235. The summed E-state index contributed by atoms with van der Waals surface area (Å²) in [4.78, 5) is 26.4. The Morgan fingerprint density at radius 3 is 2.52 bits per heavy atom. The van der Waals surface area contributed by atoms with Crippen molar-refractivity contribution in [2.45, 2.75) is 19.6 Å². The summed E-state index contributed by atoms with van der Waals surface area (Å²) in [6.45, 7) is 1.31. The van der Waals surface area contributed by atoms with Crippen molar-refractivity contribution in [3.05, 3.63) is 52.2 Å². The lowest BCUT2D eigenvalue weighted by Gasteiger charge is -2.14. The van der Waals surface area contributed by atoms with E-state index in [4.69, 9.17) is 16.3 Å². The Balaban J connectivity index is 2.34. The highest BCUT2D eigenvalue weighted by Crippen LogP contribution is 2.35. The molecule has 0 saturated heterocycles. The van der Waals surface area contributed by atoms with Gasteiger partial charge in [0.05, 0.1) is 12.7 Å². The Kier molecular flexibility index (Phi) is 6.27. The summed E-state index contributed by atoms with van der Waals surface area (Å²) in [7, 11) is 1.19. The Hall–Kier alpha value is -2.81. The Morgan fingerprint density at radius 2 is 1.96 bits per heavy atom. The van der Waals surface area contributed by atoms with Crippen molar-refractivity contribution >= 4 is 23.5 Å². The quantitative estimate of drug-likeness (QED) is 0.739. The maximum Gasteiger partial charge on any atom is 0.417 e. The van der Waals surface area contributed by atoms with Crippen molar-refractivity contribution in [2.75, 3.05) is 7.11 Å². The van der Waals surface area contributed by atoms with E-state index in [1.807, 2.05) is 0 Å². The van der Waals surface area contributed by atoms with Gasteiger partial charge in [0.15, 0.2) is 5.78 Å². The van der Waals surface area contributed by atoms with Gasteiger partial charge in [0.25, 0.3) is 0 Å². The third kappa shape index (κ3) is 5.33. The number of rotatable bonds is 5. The van der Waals surface area contributed by atoms with E-state index in [2.05, 4.69) is 15.0 Å². The number of carbonyl (C=O) groups excluding carboxylic acids is 2. The largest absolute Gasteiger partial charge is 0.453 e. The summed E-state index contributed by atoms with van der Waals surface area (Å²) < 4.78 is 48.1. The van der Waals surface area contributed by atoms with Gasteiger partial charge in [-0.3, -0.25) is 4.79 Å². The Bertz CT molecular complexity index is 872. The molecule has 6 nitrogen and oxygen atoms in total. The van der Waals surface area contributed by atoms with Gasteiger partial charge in [-0.2, -0.15) is 13.2 Å². The van der Waals surface area contributed by atoms with E-state index in [-0.39, 0.29) is 29.0 Å². The van der Waals surface area contributed by atoms with E-state index < -0.39 is 17.8 Å². The van der Waals surface area contributed by atoms with Crippen molar-refractivity contribution in [1.29, 1.82) is 0 Å². The van der Waals surface area contributed by atoms with Gasteiger partial charge in [0.1, 0.15) is 10.8 Å². The van der Waals surface area contributed by atoms with Crippen molar-refractivity contribution in [1.82, 2.24) is 10.3 Å². The molecule has 0 saturated carbocycles. The molecule has 1 N–H and O–H groups in total. The molecular weight excluding hydrogens is 389 g/mol. The number of hydrogen-bond acceptors (Lipinski definition) is 5. The van der Waals surface area contributed by atoms with Gasteiger partial charge in [0, 0.05) is 23.9 Å². The van der Waals surface area contributed by atoms with E-state index in [0.29, 0.717) is 23.4 Å². The number of Topliss-reactive ketones (excluding diaryl/α,β-unsaturated/α-hetero) is 1.